The second-order valence-corrected chi connectivity index (χ2v) is 2.99. The van der Waals surface area contributed by atoms with Crippen molar-refractivity contribution in [3.8, 4) is 5.75 Å². The molecule has 0 aliphatic rings. The summed E-state index contributed by atoms with van der Waals surface area (Å²) in [4.78, 5) is 21.3. The number of rotatable bonds is 2. The topological polar surface area (TPSA) is 66.4 Å². The van der Waals surface area contributed by atoms with Crippen molar-refractivity contribution in [3.05, 3.63) is 23.3 Å². The molecule has 0 fully saturated rings. The third kappa shape index (κ3) is 1.90. The molecule has 0 heterocycles. The Labute approximate surface area is 81.6 Å². The number of amides is 1. The molecular formula is C10H11NO3. The van der Waals surface area contributed by atoms with Crippen LogP contribution in [0.15, 0.2) is 12.1 Å². The van der Waals surface area contributed by atoms with Gasteiger partial charge in [0.05, 0.1) is 11.3 Å². The molecule has 0 aliphatic heterocycles. The standard InChI is InChI=1S/C10H11NO3/c1-6-3-4-8(5-12)10(14)9(6)11-7(2)13/h3-5,14H,1-2H3,(H,11,13). The van der Waals surface area contributed by atoms with Crippen LogP contribution in [0.25, 0.3) is 0 Å². The zero-order valence-corrected chi connectivity index (χ0v) is 8.00. The number of aldehydes is 1. The first-order valence-electron chi connectivity index (χ1n) is 4.11. The Morgan fingerprint density at radius 3 is 2.64 bits per heavy atom. The first kappa shape index (κ1) is 10.2. The highest BCUT2D eigenvalue weighted by atomic mass is 16.3. The largest absolute Gasteiger partial charge is 0.505 e. The van der Waals surface area contributed by atoms with Crippen molar-refractivity contribution in [2.45, 2.75) is 13.8 Å². The smallest absolute Gasteiger partial charge is 0.221 e. The fourth-order valence-electron chi connectivity index (χ4n) is 1.14. The zero-order valence-electron chi connectivity index (χ0n) is 8.00. The minimum absolute atomic E-state index is 0.166. The van der Waals surface area contributed by atoms with E-state index in [-0.39, 0.29) is 17.2 Å². The fraction of sp³-hybridized carbons (Fsp3) is 0.200. The summed E-state index contributed by atoms with van der Waals surface area (Å²) in [6.45, 7) is 3.08. The summed E-state index contributed by atoms with van der Waals surface area (Å²) in [6, 6.07) is 3.16. The van der Waals surface area contributed by atoms with Crippen LogP contribution in [0.3, 0.4) is 0 Å². The lowest BCUT2D eigenvalue weighted by Crippen LogP contribution is -2.08. The van der Waals surface area contributed by atoms with E-state index in [0.717, 1.165) is 0 Å². The number of hydrogen-bond donors (Lipinski definition) is 2. The first-order valence-corrected chi connectivity index (χ1v) is 4.11. The van der Waals surface area contributed by atoms with E-state index in [1.54, 1.807) is 13.0 Å². The van der Waals surface area contributed by atoms with Gasteiger partial charge in [-0.05, 0) is 18.6 Å². The molecule has 0 spiro atoms. The zero-order chi connectivity index (χ0) is 10.7. The molecule has 1 rings (SSSR count). The van der Waals surface area contributed by atoms with Crippen molar-refractivity contribution in [2.75, 3.05) is 5.32 Å². The molecular weight excluding hydrogens is 182 g/mol. The minimum Gasteiger partial charge on any atom is -0.505 e. The van der Waals surface area contributed by atoms with Gasteiger partial charge in [0.15, 0.2) is 6.29 Å². The number of hydrogen-bond acceptors (Lipinski definition) is 3. The molecule has 4 nitrogen and oxygen atoms in total. The lowest BCUT2D eigenvalue weighted by Gasteiger charge is -2.09. The third-order valence-electron chi connectivity index (χ3n) is 1.85. The Morgan fingerprint density at radius 2 is 2.14 bits per heavy atom. The summed E-state index contributed by atoms with van der Waals surface area (Å²) >= 11 is 0. The first-order chi connectivity index (χ1) is 6.56. The van der Waals surface area contributed by atoms with Crippen LogP contribution in [0.4, 0.5) is 5.69 Å². The average Bonchev–Trinajstić information content (AvgIpc) is 2.12. The van der Waals surface area contributed by atoms with Crippen molar-refractivity contribution in [1.82, 2.24) is 0 Å². The Balaban J connectivity index is 3.24. The van der Waals surface area contributed by atoms with Gasteiger partial charge < -0.3 is 10.4 Å². The quantitative estimate of drug-likeness (QED) is 0.552. The molecule has 0 saturated heterocycles. The van der Waals surface area contributed by atoms with Crippen LogP contribution in [-0.2, 0) is 4.79 Å². The number of phenols is 1. The lowest BCUT2D eigenvalue weighted by atomic mass is 10.1. The normalized spacial score (nSPS) is 9.57. The second-order valence-electron chi connectivity index (χ2n) is 2.99. The SMILES string of the molecule is CC(=O)Nc1c(C)ccc(C=O)c1O. The number of nitrogens with one attached hydrogen (secondary N) is 1. The molecule has 0 atom stereocenters. The number of carbonyl (C=O) groups excluding carboxylic acids is 2. The lowest BCUT2D eigenvalue weighted by molar-refractivity contribution is -0.114. The minimum atomic E-state index is -0.286. The molecule has 1 aromatic rings. The number of aromatic hydroxyl groups is 1. The average molecular weight is 193 g/mol. The maximum Gasteiger partial charge on any atom is 0.221 e. The monoisotopic (exact) mass is 193 g/mol. The van der Waals surface area contributed by atoms with Gasteiger partial charge in [0.25, 0.3) is 0 Å². The van der Waals surface area contributed by atoms with E-state index >= 15 is 0 Å². The molecule has 4 heteroatoms. The predicted molar refractivity (Wildman–Crippen MR) is 52.5 cm³/mol. The number of aryl methyl sites for hydroxylation is 1. The molecule has 0 radical (unpaired) electrons. The van der Waals surface area contributed by atoms with Crippen molar-refractivity contribution in [3.63, 3.8) is 0 Å². The van der Waals surface area contributed by atoms with Crippen LogP contribution >= 0.6 is 0 Å². The summed E-state index contributed by atoms with van der Waals surface area (Å²) in [5, 5.41) is 12.0. The summed E-state index contributed by atoms with van der Waals surface area (Å²) in [6.07, 6.45) is 0.542. The van der Waals surface area contributed by atoms with Gasteiger partial charge in [-0.2, -0.15) is 0 Å². The highest BCUT2D eigenvalue weighted by molar-refractivity contribution is 5.94. The van der Waals surface area contributed by atoms with Gasteiger partial charge in [0.2, 0.25) is 5.91 Å². The molecule has 1 amide bonds. The molecule has 0 bridgehead atoms. The Morgan fingerprint density at radius 1 is 1.50 bits per heavy atom. The van der Waals surface area contributed by atoms with Gasteiger partial charge in [0, 0.05) is 6.92 Å². The van der Waals surface area contributed by atoms with Gasteiger partial charge in [-0.1, -0.05) is 6.07 Å². The fourth-order valence-corrected chi connectivity index (χ4v) is 1.14. The van der Waals surface area contributed by atoms with E-state index in [9.17, 15) is 14.7 Å². The van der Waals surface area contributed by atoms with Gasteiger partial charge in [-0.3, -0.25) is 9.59 Å². The Bertz CT molecular complexity index is 385. The van der Waals surface area contributed by atoms with Gasteiger partial charge in [0.1, 0.15) is 5.75 Å². The molecule has 0 aromatic heterocycles. The van der Waals surface area contributed by atoms with E-state index in [1.165, 1.54) is 13.0 Å². The third-order valence-corrected chi connectivity index (χ3v) is 1.85. The molecule has 14 heavy (non-hydrogen) atoms. The molecule has 0 saturated carbocycles. The molecule has 2 N–H and O–H groups in total. The van der Waals surface area contributed by atoms with Crippen molar-refractivity contribution in [2.24, 2.45) is 0 Å². The van der Waals surface area contributed by atoms with Crippen LogP contribution in [0.1, 0.15) is 22.8 Å². The highest BCUT2D eigenvalue weighted by Crippen LogP contribution is 2.29. The van der Waals surface area contributed by atoms with Crippen molar-refractivity contribution < 1.29 is 14.7 Å². The number of anilines is 1. The highest BCUT2D eigenvalue weighted by Gasteiger charge is 2.10. The maximum absolute atomic E-state index is 10.8. The van der Waals surface area contributed by atoms with Gasteiger partial charge in [-0.25, -0.2) is 0 Å². The Hall–Kier alpha value is -1.84. The molecule has 1 aromatic carbocycles. The van der Waals surface area contributed by atoms with Gasteiger partial charge >= 0.3 is 0 Å². The molecule has 0 aliphatic carbocycles. The number of benzene rings is 1. The van der Waals surface area contributed by atoms with Crippen LogP contribution in [0.5, 0.6) is 5.75 Å². The van der Waals surface area contributed by atoms with Crippen LogP contribution in [0, 0.1) is 6.92 Å². The molecule has 0 unspecified atom stereocenters. The van der Waals surface area contributed by atoms with E-state index in [0.29, 0.717) is 17.5 Å². The van der Waals surface area contributed by atoms with Crippen LogP contribution < -0.4 is 5.32 Å². The second kappa shape index (κ2) is 3.91. The number of phenolic OH excluding ortho intramolecular Hbond substituents is 1. The predicted octanol–water partition coefficient (Wildman–Crippen LogP) is 1.47. The van der Waals surface area contributed by atoms with Crippen molar-refractivity contribution >= 4 is 17.9 Å². The van der Waals surface area contributed by atoms with E-state index in [2.05, 4.69) is 5.32 Å². The van der Waals surface area contributed by atoms with E-state index < -0.39 is 0 Å². The summed E-state index contributed by atoms with van der Waals surface area (Å²) in [5.41, 5.74) is 1.17. The van der Waals surface area contributed by atoms with E-state index in [4.69, 9.17) is 0 Å². The van der Waals surface area contributed by atoms with E-state index in [1.807, 2.05) is 0 Å². The van der Waals surface area contributed by atoms with Crippen LogP contribution in [0.2, 0.25) is 0 Å². The van der Waals surface area contributed by atoms with Gasteiger partial charge in [-0.15, -0.1) is 0 Å². The Kier molecular flexibility index (Phi) is 2.86. The number of carbonyl (C=O) groups is 2. The summed E-state index contributed by atoms with van der Waals surface area (Å²) in [7, 11) is 0. The van der Waals surface area contributed by atoms with Crippen molar-refractivity contribution in [1.29, 1.82) is 0 Å². The summed E-state index contributed by atoms with van der Waals surface area (Å²) < 4.78 is 0. The van der Waals surface area contributed by atoms with Crippen LogP contribution in [-0.4, -0.2) is 17.3 Å². The maximum atomic E-state index is 10.8. The molecule has 74 valence electrons. The summed E-state index contributed by atoms with van der Waals surface area (Å²) in [5.74, 6) is -0.471.